The standard InChI is InChI=1S/C13H24N2O3/c1-13(12(16)17,14-11-3-4-11)5-2-6-15-7-9-18-10-8-15/h11,14H,2-10H2,1H3,(H,16,17). The highest BCUT2D eigenvalue weighted by Crippen LogP contribution is 2.25. The zero-order valence-corrected chi connectivity index (χ0v) is 11.2. The normalized spacial score (nSPS) is 24.7. The Bertz CT molecular complexity index is 288. The molecular formula is C13H24N2O3. The third-order valence-corrected chi connectivity index (χ3v) is 3.83. The number of nitrogens with one attached hydrogen (secondary N) is 1. The number of rotatable bonds is 7. The number of carbonyl (C=O) groups is 1. The molecule has 5 heteroatoms. The summed E-state index contributed by atoms with van der Waals surface area (Å²) in [5.41, 5.74) is -0.756. The fourth-order valence-electron chi connectivity index (χ4n) is 2.40. The monoisotopic (exact) mass is 256 g/mol. The molecule has 0 bridgehead atoms. The van der Waals surface area contributed by atoms with Crippen molar-refractivity contribution in [2.24, 2.45) is 0 Å². The van der Waals surface area contributed by atoms with Crippen LogP contribution in [0, 0.1) is 0 Å². The molecule has 1 saturated heterocycles. The molecule has 18 heavy (non-hydrogen) atoms. The van der Waals surface area contributed by atoms with E-state index in [0.29, 0.717) is 12.5 Å². The molecule has 2 fully saturated rings. The number of hydrogen-bond acceptors (Lipinski definition) is 4. The largest absolute Gasteiger partial charge is 0.480 e. The predicted molar refractivity (Wildman–Crippen MR) is 68.7 cm³/mol. The van der Waals surface area contributed by atoms with E-state index >= 15 is 0 Å². The minimum Gasteiger partial charge on any atom is -0.480 e. The number of hydrogen-bond donors (Lipinski definition) is 2. The van der Waals surface area contributed by atoms with Crippen LogP contribution in [0.3, 0.4) is 0 Å². The SMILES string of the molecule is CC(CCCN1CCOCC1)(NC1CC1)C(=O)O. The lowest BCUT2D eigenvalue weighted by Crippen LogP contribution is -2.51. The smallest absolute Gasteiger partial charge is 0.323 e. The Morgan fingerprint density at radius 3 is 2.67 bits per heavy atom. The fraction of sp³-hybridized carbons (Fsp3) is 0.923. The van der Waals surface area contributed by atoms with Gasteiger partial charge in [0.05, 0.1) is 13.2 Å². The first-order valence-electron chi connectivity index (χ1n) is 6.91. The number of aliphatic carboxylic acids is 1. The van der Waals surface area contributed by atoms with Gasteiger partial charge in [0.25, 0.3) is 0 Å². The maximum Gasteiger partial charge on any atom is 0.323 e. The molecule has 104 valence electrons. The van der Waals surface area contributed by atoms with Gasteiger partial charge in [0.1, 0.15) is 5.54 Å². The van der Waals surface area contributed by atoms with E-state index in [1.54, 1.807) is 0 Å². The third kappa shape index (κ3) is 3.93. The number of carboxylic acid groups (broad SMARTS) is 1. The lowest BCUT2D eigenvalue weighted by atomic mass is 9.95. The molecule has 0 amide bonds. The summed E-state index contributed by atoms with van der Waals surface area (Å²) in [6, 6.07) is 0.425. The summed E-state index contributed by atoms with van der Waals surface area (Å²) < 4.78 is 5.30. The van der Waals surface area contributed by atoms with Gasteiger partial charge in [0.15, 0.2) is 0 Å². The highest BCUT2D eigenvalue weighted by Gasteiger charge is 2.37. The quantitative estimate of drug-likeness (QED) is 0.702. The Balaban J connectivity index is 1.72. The first-order valence-corrected chi connectivity index (χ1v) is 6.91. The van der Waals surface area contributed by atoms with E-state index in [4.69, 9.17) is 4.74 Å². The minimum atomic E-state index is -0.756. The van der Waals surface area contributed by atoms with Crippen molar-refractivity contribution in [3.63, 3.8) is 0 Å². The van der Waals surface area contributed by atoms with Crippen LogP contribution in [0.15, 0.2) is 0 Å². The minimum absolute atomic E-state index is 0.425. The summed E-state index contributed by atoms with van der Waals surface area (Å²) in [5.74, 6) is -0.726. The summed E-state index contributed by atoms with van der Waals surface area (Å²) in [7, 11) is 0. The van der Waals surface area contributed by atoms with Crippen LogP contribution in [-0.2, 0) is 9.53 Å². The summed E-state index contributed by atoms with van der Waals surface area (Å²) in [5, 5.41) is 12.6. The van der Waals surface area contributed by atoms with E-state index in [0.717, 1.165) is 52.1 Å². The highest BCUT2D eigenvalue weighted by molar-refractivity contribution is 5.78. The number of ether oxygens (including phenoxy) is 1. The molecule has 5 nitrogen and oxygen atoms in total. The van der Waals surface area contributed by atoms with Crippen LogP contribution in [0.25, 0.3) is 0 Å². The molecule has 1 aliphatic carbocycles. The Labute approximate surface area is 108 Å². The van der Waals surface area contributed by atoms with Crippen LogP contribution in [-0.4, -0.2) is 60.4 Å². The molecule has 2 N–H and O–H groups in total. The molecule has 1 aliphatic heterocycles. The maximum absolute atomic E-state index is 11.4. The molecule has 2 aliphatic rings. The fourth-order valence-corrected chi connectivity index (χ4v) is 2.40. The summed E-state index contributed by atoms with van der Waals surface area (Å²) in [4.78, 5) is 13.7. The first-order chi connectivity index (χ1) is 8.60. The van der Waals surface area contributed by atoms with E-state index in [2.05, 4.69) is 10.2 Å². The molecule has 2 rings (SSSR count). The third-order valence-electron chi connectivity index (χ3n) is 3.83. The maximum atomic E-state index is 11.4. The first kappa shape index (κ1) is 13.8. The van der Waals surface area contributed by atoms with Crippen molar-refractivity contribution >= 4 is 5.97 Å². The van der Waals surface area contributed by atoms with E-state index in [1.807, 2.05) is 6.92 Å². The van der Waals surface area contributed by atoms with Crippen LogP contribution in [0.5, 0.6) is 0 Å². The van der Waals surface area contributed by atoms with Crippen molar-refractivity contribution in [3.8, 4) is 0 Å². The van der Waals surface area contributed by atoms with Crippen molar-refractivity contribution in [1.82, 2.24) is 10.2 Å². The number of morpholine rings is 1. The van der Waals surface area contributed by atoms with Crippen LogP contribution in [0.4, 0.5) is 0 Å². The van der Waals surface area contributed by atoms with Crippen molar-refractivity contribution < 1.29 is 14.6 Å². The molecule has 0 aromatic rings. The Hall–Kier alpha value is -0.650. The second-order valence-corrected chi connectivity index (χ2v) is 5.61. The average Bonchev–Trinajstić information content (AvgIpc) is 3.14. The van der Waals surface area contributed by atoms with E-state index in [1.165, 1.54) is 0 Å². The molecule has 0 aromatic heterocycles. The Morgan fingerprint density at radius 2 is 2.11 bits per heavy atom. The van der Waals surface area contributed by atoms with Gasteiger partial charge < -0.3 is 9.84 Å². The summed E-state index contributed by atoms with van der Waals surface area (Å²) in [6.07, 6.45) is 3.84. The van der Waals surface area contributed by atoms with Crippen molar-refractivity contribution in [3.05, 3.63) is 0 Å². The van der Waals surface area contributed by atoms with E-state index in [-0.39, 0.29) is 0 Å². The van der Waals surface area contributed by atoms with Crippen molar-refractivity contribution in [1.29, 1.82) is 0 Å². The zero-order chi connectivity index (χ0) is 13.0. The van der Waals surface area contributed by atoms with Gasteiger partial charge in [-0.1, -0.05) is 0 Å². The highest BCUT2D eigenvalue weighted by atomic mass is 16.5. The second-order valence-electron chi connectivity index (χ2n) is 5.61. The molecule has 0 radical (unpaired) electrons. The van der Waals surface area contributed by atoms with E-state index < -0.39 is 11.5 Å². The van der Waals surface area contributed by atoms with Crippen LogP contribution in [0.1, 0.15) is 32.6 Å². The second kappa shape index (κ2) is 5.99. The molecule has 0 spiro atoms. The summed E-state index contributed by atoms with van der Waals surface area (Å²) >= 11 is 0. The number of carboxylic acids is 1. The molecule has 0 aromatic carbocycles. The van der Waals surface area contributed by atoms with Gasteiger partial charge in [-0.15, -0.1) is 0 Å². The zero-order valence-electron chi connectivity index (χ0n) is 11.2. The molecular weight excluding hydrogens is 232 g/mol. The Kier molecular flexibility index (Phi) is 4.59. The van der Waals surface area contributed by atoms with Crippen LogP contribution >= 0.6 is 0 Å². The van der Waals surface area contributed by atoms with Crippen LogP contribution < -0.4 is 5.32 Å². The Morgan fingerprint density at radius 1 is 1.44 bits per heavy atom. The number of nitrogens with zero attached hydrogens (tertiary/aromatic N) is 1. The molecule has 1 heterocycles. The van der Waals surface area contributed by atoms with Gasteiger partial charge in [0, 0.05) is 19.1 Å². The van der Waals surface area contributed by atoms with Gasteiger partial charge in [-0.2, -0.15) is 0 Å². The van der Waals surface area contributed by atoms with Gasteiger partial charge in [0.2, 0.25) is 0 Å². The predicted octanol–water partition coefficient (Wildman–Crippen LogP) is 0.694. The van der Waals surface area contributed by atoms with Gasteiger partial charge in [-0.3, -0.25) is 15.0 Å². The topological polar surface area (TPSA) is 61.8 Å². The molecule has 1 saturated carbocycles. The lowest BCUT2D eigenvalue weighted by molar-refractivity contribution is -0.144. The van der Waals surface area contributed by atoms with Crippen molar-refractivity contribution in [2.45, 2.75) is 44.2 Å². The van der Waals surface area contributed by atoms with E-state index in [9.17, 15) is 9.90 Å². The van der Waals surface area contributed by atoms with Crippen molar-refractivity contribution in [2.75, 3.05) is 32.8 Å². The molecule has 1 atom stereocenters. The van der Waals surface area contributed by atoms with Gasteiger partial charge in [-0.05, 0) is 39.2 Å². The van der Waals surface area contributed by atoms with Crippen LogP contribution in [0.2, 0.25) is 0 Å². The average molecular weight is 256 g/mol. The van der Waals surface area contributed by atoms with Gasteiger partial charge in [-0.25, -0.2) is 0 Å². The molecule has 1 unspecified atom stereocenters. The lowest BCUT2D eigenvalue weighted by Gasteiger charge is -2.30. The van der Waals surface area contributed by atoms with Gasteiger partial charge >= 0.3 is 5.97 Å². The summed E-state index contributed by atoms with van der Waals surface area (Å²) in [6.45, 7) is 6.33.